The number of ether oxygens (including phenoxy) is 1. The van der Waals surface area contributed by atoms with Crippen molar-refractivity contribution in [1.82, 2.24) is 4.90 Å². The van der Waals surface area contributed by atoms with E-state index in [-0.39, 0.29) is 13.3 Å². The summed E-state index contributed by atoms with van der Waals surface area (Å²) in [5, 5.41) is 0.770. The van der Waals surface area contributed by atoms with Crippen molar-refractivity contribution >= 4 is 38.8 Å². The van der Waals surface area contributed by atoms with Crippen LogP contribution in [0, 0.1) is 0 Å². The summed E-state index contributed by atoms with van der Waals surface area (Å²) in [5.74, 6) is 0.827. The minimum Gasteiger partial charge on any atom is -0.486 e. The number of fused-ring (bicyclic) bond motifs is 3. The summed E-state index contributed by atoms with van der Waals surface area (Å²) in [5.41, 5.74) is 2.25. The van der Waals surface area contributed by atoms with E-state index in [2.05, 4.69) is 40.2 Å². The highest BCUT2D eigenvalue weighted by atomic mass is 79.9. The summed E-state index contributed by atoms with van der Waals surface area (Å²) >= 11 is 5.10. The third-order valence-electron chi connectivity index (χ3n) is 6.42. The average Bonchev–Trinajstić information content (AvgIpc) is 2.85. The molecule has 2 unspecified atom stereocenters. The number of halogens is 1. The van der Waals surface area contributed by atoms with Gasteiger partial charge in [-0.05, 0) is 54.8 Å². The number of amides is 1. The van der Waals surface area contributed by atoms with Crippen molar-refractivity contribution in [1.29, 1.82) is 0 Å². The topological polar surface area (TPSA) is 41.9 Å². The number of likely N-dealkylation sites (N-methyl/N-ethyl adjacent to an activating group) is 1. The number of aliphatic imine (C=N–C) groups is 1. The molecular formula is C24H27BrN2O2S. The molecule has 2 aromatic rings. The third kappa shape index (κ3) is 3.19. The minimum atomic E-state index is -0.913. The lowest BCUT2D eigenvalue weighted by Crippen LogP contribution is -2.52. The van der Waals surface area contributed by atoms with Crippen LogP contribution in [0.1, 0.15) is 43.4 Å². The van der Waals surface area contributed by atoms with Crippen molar-refractivity contribution in [3.8, 4) is 5.75 Å². The maximum atomic E-state index is 13.6. The van der Waals surface area contributed by atoms with E-state index in [0.29, 0.717) is 6.42 Å². The number of rotatable bonds is 0. The van der Waals surface area contributed by atoms with E-state index in [0.717, 1.165) is 46.6 Å². The van der Waals surface area contributed by atoms with Gasteiger partial charge in [-0.15, -0.1) is 0 Å². The molecule has 1 amide bonds. The summed E-state index contributed by atoms with van der Waals surface area (Å²) in [6, 6.07) is 14.6. The highest BCUT2D eigenvalue weighted by Gasteiger charge is 2.58. The highest BCUT2D eigenvalue weighted by molar-refractivity contribution is 9.10. The largest absolute Gasteiger partial charge is 0.486 e. The van der Waals surface area contributed by atoms with Crippen LogP contribution in [0.25, 0.3) is 0 Å². The fourth-order valence-corrected chi connectivity index (χ4v) is 6.08. The number of carbonyl (C=O) groups excluding carboxylic acids is 1. The van der Waals surface area contributed by atoms with Crippen LogP contribution in [0.3, 0.4) is 0 Å². The van der Waals surface area contributed by atoms with Gasteiger partial charge in [0.1, 0.15) is 11.4 Å². The monoisotopic (exact) mass is 486 g/mol. The molecule has 4 nitrogen and oxygen atoms in total. The van der Waals surface area contributed by atoms with Gasteiger partial charge < -0.3 is 4.74 Å². The highest BCUT2D eigenvalue weighted by Crippen LogP contribution is 2.53. The van der Waals surface area contributed by atoms with E-state index in [1.54, 1.807) is 4.90 Å². The number of hydrogen-bond acceptors (Lipinski definition) is 4. The van der Waals surface area contributed by atoms with Gasteiger partial charge in [-0.3, -0.25) is 9.69 Å². The molecular weight excluding hydrogens is 460 g/mol. The molecule has 0 saturated heterocycles. The number of aryl methyl sites for hydroxylation is 1. The fraction of sp³-hybridized carbons (Fsp3) is 0.417. The molecule has 3 aliphatic rings. The number of benzene rings is 2. The molecule has 5 rings (SSSR count). The minimum absolute atomic E-state index is 0. The Bertz CT molecular complexity index is 1040. The van der Waals surface area contributed by atoms with Crippen LogP contribution >= 0.6 is 27.7 Å². The predicted molar refractivity (Wildman–Crippen MR) is 127 cm³/mol. The number of carbonyl (C=O) groups is 1. The Kier molecular flexibility index (Phi) is 5.52. The first kappa shape index (κ1) is 21.4. The number of hydrogen-bond donors (Lipinski definition) is 0. The van der Waals surface area contributed by atoms with E-state index in [1.165, 1.54) is 22.9 Å². The van der Waals surface area contributed by atoms with E-state index < -0.39 is 11.1 Å². The smallest absolute Gasteiger partial charge is 0.261 e. The number of nitrogens with zero attached hydrogens (tertiary/aromatic N) is 2. The van der Waals surface area contributed by atoms with E-state index in [4.69, 9.17) is 9.73 Å². The molecule has 6 heteroatoms. The molecule has 0 bridgehead atoms. The van der Waals surface area contributed by atoms with E-state index in [1.807, 2.05) is 31.5 Å². The second-order valence-electron chi connectivity index (χ2n) is 8.22. The standard InChI is InChI=1S/C23H23BrN2O2S.CH4/c1-26-20(27)23(25-21(26)29-2)14-22(28-19-10-9-17(24)12-18(19)23)11-5-8-15-6-3-4-7-16(15)13-22;/h3-4,6-7,9-10,12H,5,8,11,13-14H2,1-2H3;1H4. The molecule has 0 saturated carbocycles. The molecule has 0 aromatic heterocycles. The number of amidine groups is 1. The summed E-state index contributed by atoms with van der Waals surface area (Å²) < 4.78 is 7.66. The SMILES string of the molecule is C.CSC1=NC2(CC3(CCCc4ccccc4C3)Oc3ccc(Br)cc32)C(=O)N1C. The van der Waals surface area contributed by atoms with Crippen molar-refractivity contribution in [3.05, 3.63) is 63.6 Å². The predicted octanol–water partition coefficient (Wildman–Crippen LogP) is 5.57. The van der Waals surface area contributed by atoms with Gasteiger partial charge in [0.2, 0.25) is 0 Å². The van der Waals surface area contributed by atoms with Gasteiger partial charge >= 0.3 is 0 Å². The van der Waals surface area contributed by atoms with Gasteiger partial charge in [-0.2, -0.15) is 0 Å². The molecule has 2 aromatic carbocycles. The molecule has 2 atom stereocenters. The molecule has 2 aliphatic heterocycles. The maximum Gasteiger partial charge on any atom is 0.261 e. The molecule has 1 aliphatic carbocycles. The zero-order chi connectivity index (χ0) is 20.2. The molecule has 2 heterocycles. The van der Waals surface area contributed by atoms with Crippen molar-refractivity contribution < 1.29 is 9.53 Å². The maximum absolute atomic E-state index is 13.6. The first-order valence-corrected chi connectivity index (χ1v) is 12.0. The Morgan fingerprint density at radius 3 is 2.70 bits per heavy atom. The van der Waals surface area contributed by atoms with Crippen molar-refractivity contribution in [2.75, 3.05) is 13.3 Å². The zero-order valence-electron chi connectivity index (χ0n) is 16.6. The van der Waals surface area contributed by atoms with Crippen LogP contribution in [0.5, 0.6) is 5.75 Å². The molecule has 0 radical (unpaired) electrons. The Morgan fingerprint density at radius 1 is 1.20 bits per heavy atom. The van der Waals surface area contributed by atoms with Gasteiger partial charge in [-0.25, -0.2) is 4.99 Å². The summed E-state index contributed by atoms with van der Waals surface area (Å²) in [4.78, 5) is 20.4. The second kappa shape index (κ2) is 7.72. The lowest BCUT2D eigenvalue weighted by Gasteiger charge is -2.45. The van der Waals surface area contributed by atoms with Crippen LogP contribution < -0.4 is 4.74 Å². The summed E-state index contributed by atoms with van der Waals surface area (Å²) in [6.07, 6.45) is 6.36. The quantitative estimate of drug-likeness (QED) is 0.488. The average molecular weight is 487 g/mol. The Labute approximate surface area is 191 Å². The van der Waals surface area contributed by atoms with Gasteiger partial charge in [-0.1, -0.05) is 59.4 Å². The third-order valence-corrected chi connectivity index (χ3v) is 7.64. The Morgan fingerprint density at radius 2 is 1.97 bits per heavy atom. The van der Waals surface area contributed by atoms with Crippen LogP contribution in [0.4, 0.5) is 0 Å². The lowest BCUT2D eigenvalue weighted by molar-refractivity contribution is -0.134. The van der Waals surface area contributed by atoms with Crippen molar-refractivity contribution in [3.63, 3.8) is 0 Å². The Balaban J connectivity index is 0.00000218. The van der Waals surface area contributed by atoms with E-state index >= 15 is 0 Å². The first-order chi connectivity index (χ1) is 14.0. The Hall–Kier alpha value is -1.79. The molecule has 30 heavy (non-hydrogen) atoms. The molecule has 0 N–H and O–H groups in total. The van der Waals surface area contributed by atoms with Crippen LogP contribution in [0.2, 0.25) is 0 Å². The van der Waals surface area contributed by atoms with E-state index in [9.17, 15) is 4.79 Å². The van der Waals surface area contributed by atoms with Crippen molar-refractivity contribution in [2.24, 2.45) is 4.99 Å². The van der Waals surface area contributed by atoms with Gasteiger partial charge in [0.25, 0.3) is 5.91 Å². The fourth-order valence-electron chi connectivity index (χ4n) is 5.12. The van der Waals surface area contributed by atoms with Crippen molar-refractivity contribution in [2.45, 2.75) is 50.7 Å². The van der Waals surface area contributed by atoms with Gasteiger partial charge in [0.15, 0.2) is 10.7 Å². The normalized spacial score (nSPS) is 27.1. The summed E-state index contributed by atoms with van der Waals surface area (Å²) in [7, 11) is 1.83. The zero-order valence-corrected chi connectivity index (χ0v) is 19.0. The second-order valence-corrected chi connectivity index (χ2v) is 9.91. The molecule has 2 spiro atoms. The number of thioether (sulfide) groups is 1. The van der Waals surface area contributed by atoms with Crippen LogP contribution in [0.15, 0.2) is 51.9 Å². The van der Waals surface area contributed by atoms with Gasteiger partial charge in [0, 0.05) is 29.9 Å². The first-order valence-electron chi connectivity index (χ1n) is 9.94. The van der Waals surface area contributed by atoms with Crippen LogP contribution in [-0.4, -0.2) is 34.9 Å². The van der Waals surface area contributed by atoms with Gasteiger partial charge in [0.05, 0.1) is 0 Å². The lowest BCUT2D eigenvalue weighted by atomic mass is 9.73. The van der Waals surface area contributed by atoms with Crippen LogP contribution in [-0.2, 0) is 23.2 Å². The summed E-state index contributed by atoms with van der Waals surface area (Å²) in [6.45, 7) is 0. The molecule has 0 fully saturated rings. The molecule has 158 valence electrons.